The molecular formula is C13H9NOS2. The van der Waals surface area contributed by atoms with Gasteiger partial charge in [0.2, 0.25) is 5.78 Å². The number of carbonyl (C=O) groups excluding carboxylic acids is 1. The summed E-state index contributed by atoms with van der Waals surface area (Å²) in [6, 6.07) is 9.39. The largest absolute Gasteiger partial charge is 0.288 e. The molecule has 0 fully saturated rings. The minimum absolute atomic E-state index is 0.0956. The maximum Gasteiger partial charge on any atom is 0.203 e. The van der Waals surface area contributed by atoms with Gasteiger partial charge in [0.25, 0.3) is 0 Å². The van der Waals surface area contributed by atoms with E-state index in [-0.39, 0.29) is 5.78 Å². The van der Waals surface area contributed by atoms with E-state index in [0.29, 0.717) is 0 Å². The second-order valence-electron chi connectivity index (χ2n) is 3.74. The highest BCUT2D eigenvalue weighted by Crippen LogP contribution is 2.33. The highest BCUT2D eigenvalue weighted by molar-refractivity contribution is 7.38. The first kappa shape index (κ1) is 10.6. The predicted molar refractivity (Wildman–Crippen MR) is 72.1 cm³/mol. The van der Waals surface area contributed by atoms with Gasteiger partial charge in [0, 0.05) is 5.56 Å². The third-order valence-corrected chi connectivity index (χ3v) is 4.90. The topological polar surface area (TPSA) is 30.0 Å². The summed E-state index contributed by atoms with van der Waals surface area (Å²) in [5.41, 5.74) is 4.54. The smallest absolute Gasteiger partial charge is 0.203 e. The molecule has 0 bridgehead atoms. The second-order valence-corrected chi connectivity index (χ2v) is 5.87. The van der Waals surface area contributed by atoms with Crippen LogP contribution in [-0.2, 0) is 0 Å². The van der Waals surface area contributed by atoms with Crippen molar-refractivity contribution >= 4 is 38.0 Å². The molecule has 0 unspecified atom stereocenters. The lowest BCUT2D eigenvalue weighted by Crippen LogP contribution is -1.99. The van der Waals surface area contributed by atoms with Crippen LogP contribution in [0.3, 0.4) is 0 Å². The number of ketones is 1. The summed E-state index contributed by atoms with van der Waals surface area (Å²) < 4.78 is 1.13. The van der Waals surface area contributed by atoms with Crippen molar-refractivity contribution < 1.29 is 4.79 Å². The number of carbonyl (C=O) groups is 1. The first-order valence-corrected chi connectivity index (χ1v) is 6.89. The lowest BCUT2D eigenvalue weighted by molar-refractivity contribution is 0.104. The zero-order valence-corrected chi connectivity index (χ0v) is 10.8. The Hall–Kier alpha value is -1.52. The van der Waals surface area contributed by atoms with Crippen LogP contribution in [0.5, 0.6) is 0 Å². The van der Waals surface area contributed by atoms with Gasteiger partial charge in [0.1, 0.15) is 4.01 Å². The van der Waals surface area contributed by atoms with Crippen molar-refractivity contribution in [2.45, 2.75) is 6.92 Å². The molecule has 0 radical (unpaired) electrons. The van der Waals surface area contributed by atoms with Crippen LogP contribution in [0.2, 0.25) is 0 Å². The summed E-state index contributed by atoms with van der Waals surface area (Å²) in [5.74, 6) is 0.0956. The SMILES string of the molecule is Cc1c(C(=O)c2ccccc2)sc2scnc12. The van der Waals surface area contributed by atoms with Crippen molar-refractivity contribution in [2.75, 3.05) is 0 Å². The average Bonchev–Trinajstić information content (AvgIpc) is 2.93. The zero-order valence-electron chi connectivity index (χ0n) is 9.14. The molecule has 2 aromatic heterocycles. The Balaban J connectivity index is 2.13. The Morgan fingerprint density at radius 1 is 1.24 bits per heavy atom. The third-order valence-electron chi connectivity index (χ3n) is 2.67. The van der Waals surface area contributed by atoms with E-state index in [4.69, 9.17) is 0 Å². The molecule has 0 amide bonds. The molecule has 0 saturated heterocycles. The normalized spacial score (nSPS) is 10.9. The minimum Gasteiger partial charge on any atom is -0.288 e. The van der Waals surface area contributed by atoms with Gasteiger partial charge in [-0.3, -0.25) is 4.79 Å². The lowest BCUT2D eigenvalue weighted by atomic mass is 10.1. The molecule has 0 atom stereocenters. The number of thiazole rings is 1. The number of aryl methyl sites for hydroxylation is 1. The minimum atomic E-state index is 0.0956. The first-order chi connectivity index (χ1) is 8.27. The Morgan fingerprint density at radius 3 is 2.71 bits per heavy atom. The van der Waals surface area contributed by atoms with E-state index in [1.165, 1.54) is 11.3 Å². The molecule has 3 rings (SSSR count). The number of rotatable bonds is 2. The van der Waals surface area contributed by atoms with Crippen LogP contribution in [0.4, 0.5) is 0 Å². The van der Waals surface area contributed by atoms with Crippen LogP contribution in [0.15, 0.2) is 35.8 Å². The van der Waals surface area contributed by atoms with Gasteiger partial charge in [0.05, 0.1) is 15.9 Å². The monoisotopic (exact) mass is 259 g/mol. The molecule has 0 aliphatic carbocycles. The second kappa shape index (κ2) is 4.05. The van der Waals surface area contributed by atoms with E-state index in [0.717, 1.165) is 25.5 Å². The van der Waals surface area contributed by atoms with Crippen LogP contribution in [0, 0.1) is 6.92 Å². The predicted octanol–water partition coefficient (Wildman–Crippen LogP) is 3.90. The Bertz CT molecular complexity index is 682. The average molecular weight is 259 g/mol. The molecule has 17 heavy (non-hydrogen) atoms. The van der Waals surface area contributed by atoms with Gasteiger partial charge in [-0.05, 0) is 12.5 Å². The van der Waals surface area contributed by atoms with Crippen LogP contribution in [0.1, 0.15) is 20.8 Å². The summed E-state index contributed by atoms with van der Waals surface area (Å²) in [7, 11) is 0. The van der Waals surface area contributed by atoms with Gasteiger partial charge in [-0.15, -0.1) is 22.7 Å². The fraction of sp³-hybridized carbons (Fsp3) is 0.0769. The maximum absolute atomic E-state index is 12.3. The fourth-order valence-electron chi connectivity index (χ4n) is 1.77. The molecule has 84 valence electrons. The van der Waals surface area contributed by atoms with Crippen LogP contribution < -0.4 is 0 Å². The first-order valence-electron chi connectivity index (χ1n) is 5.19. The van der Waals surface area contributed by atoms with Crippen LogP contribution in [-0.4, -0.2) is 10.8 Å². The number of nitrogens with zero attached hydrogens (tertiary/aromatic N) is 1. The maximum atomic E-state index is 12.3. The summed E-state index contributed by atoms with van der Waals surface area (Å²) in [4.78, 5) is 17.4. The Morgan fingerprint density at radius 2 is 2.00 bits per heavy atom. The van der Waals surface area contributed by atoms with E-state index < -0.39 is 0 Å². The molecule has 4 heteroatoms. The van der Waals surface area contributed by atoms with Crippen molar-refractivity contribution in [1.82, 2.24) is 4.98 Å². The Kier molecular flexibility index (Phi) is 2.53. The lowest BCUT2D eigenvalue weighted by Gasteiger charge is -1.98. The van der Waals surface area contributed by atoms with Gasteiger partial charge >= 0.3 is 0 Å². The number of fused-ring (bicyclic) bond motifs is 1. The van der Waals surface area contributed by atoms with Crippen molar-refractivity contribution in [3.63, 3.8) is 0 Å². The Labute approximate surface area is 107 Å². The molecule has 0 aliphatic rings. The van der Waals surface area contributed by atoms with Gasteiger partial charge in [-0.1, -0.05) is 30.3 Å². The van der Waals surface area contributed by atoms with Crippen LogP contribution in [0.25, 0.3) is 9.53 Å². The summed E-state index contributed by atoms with van der Waals surface area (Å²) >= 11 is 3.13. The van der Waals surface area contributed by atoms with Gasteiger partial charge in [0.15, 0.2) is 0 Å². The van der Waals surface area contributed by atoms with E-state index in [1.807, 2.05) is 42.8 Å². The molecule has 0 saturated carbocycles. The standard InChI is InChI=1S/C13H9NOS2/c1-8-10-13(16-7-14-10)17-12(8)11(15)9-5-3-2-4-6-9/h2-7H,1H3. The molecule has 3 aromatic rings. The third kappa shape index (κ3) is 1.69. The number of thiophene rings is 1. The molecule has 2 nitrogen and oxygen atoms in total. The van der Waals surface area contributed by atoms with E-state index in [9.17, 15) is 4.79 Å². The van der Waals surface area contributed by atoms with Gasteiger partial charge in [-0.25, -0.2) is 4.98 Å². The summed E-state index contributed by atoms with van der Waals surface area (Å²) in [6.07, 6.45) is 0. The fourth-order valence-corrected chi connectivity index (χ4v) is 3.86. The number of hydrogen-bond acceptors (Lipinski definition) is 4. The van der Waals surface area contributed by atoms with Gasteiger partial charge < -0.3 is 0 Å². The van der Waals surface area contributed by atoms with Crippen molar-refractivity contribution in [3.05, 3.63) is 51.8 Å². The summed E-state index contributed by atoms with van der Waals surface area (Å²) in [5, 5.41) is 0. The van der Waals surface area contributed by atoms with E-state index >= 15 is 0 Å². The molecular weight excluding hydrogens is 250 g/mol. The van der Waals surface area contributed by atoms with E-state index in [1.54, 1.807) is 11.3 Å². The zero-order chi connectivity index (χ0) is 11.8. The number of hydrogen-bond donors (Lipinski definition) is 0. The highest BCUT2D eigenvalue weighted by atomic mass is 32.2. The quantitative estimate of drug-likeness (QED) is 0.653. The van der Waals surface area contributed by atoms with Crippen molar-refractivity contribution in [2.24, 2.45) is 0 Å². The molecule has 1 aromatic carbocycles. The molecule has 0 aliphatic heterocycles. The molecule has 2 heterocycles. The van der Waals surface area contributed by atoms with Gasteiger partial charge in [-0.2, -0.15) is 0 Å². The van der Waals surface area contributed by atoms with E-state index in [2.05, 4.69) is 4.98 Å². The molecule has 0 N–H and O–H groups in total. The van der Waals surface area contributed by atoms with Crippen molar-refractivity contribution in [1.29, 1.82) is 0 Å². The van der Waals surface area contributed by atoms with Crippen LogP contribution >= 0.6 is 22.7 Å². The highest BCUT2D eigenvalue weighted by Gasteiger charge is 2.18. The van der Waals surface area contributed by atoms with Crippen molar-refractivity contribution in [3.8, 4) is 0 Å². The number of benzene rings is 1. The summed E-state index contributed by atoms with van der Waals surface area (Å²) in [6.45, 7) is 1.97. The molecule has 0 spiro atoms. The number of aromatic nitrogens is 1.